The van der Waals surface area contributed by atoms with E-state index in [9.17, 15) is 5.11 Å². The van der Waals surface area contributed by atoms with E-state index in [-0.39, 0.29) is 6.10 Å². The molecule has 1 aliphatic carbocycles. The van der Waals surface area contributed by atoms with Gasteiger partial charge < -0.3 is 15.3 Å². The molecule has 3 heteroatoms. The maximum atomic E-state index is 9.73. The van der Waals surface area contributed by atoms with Gasteiger partial charge in [-0.2, -0.15) is 0 Å². The fraction of sp³-hybridized carbons (Fsp3) is 1.00. The normalized spacial score (nSPS) is 34.3. The molecule has 1 heterocycles. The molecule has 0 amide bonds. The van der Waals surface area contributed by atoms with E-state index in [1.54, 1.807) is 0 Å². The summed E-state index contributed by atoms with van der Waals surface area (Å²) in [6, 6.07) is 0.703. The number of hydrogen-bond acceptors (Lipinski definition) is 3. The summed E-state index contributed by atoms with van der Waals surface area (Å²) in [5.41, 5.74) is 0. The van der Waals surface area contributed by atoms with Crippen LogP contribution in [0.4, 0.5) is 0 Å². The predicted octanol–water partition coefficient (Wildman–Crippen LogP) is 2.74. The van der Waals surface area contributed by atoms with Crippen molar-refractivity contribution in [1.82, 2.24) is 10.2 Å². The molecule has 0 radical (unpaired) electrons. The zero-order valence-corrected chi connectivity index (χ0v) is 14.5. The second kappa shape index (κ2) is 7.94. The number of nitrogens with zero attached hydrogens (tertiary/aromatic N) is 1. The van der Waals surface area contributed by atoms with E-state index in [4.69, 9.17) is 0 Å². The molecule has 2 N–H and O–H groups in total. The highest BCUT2D eigenvalue weighted by molar-refractivity contribution is 4.88. The molecule has 2 rings (SSSR count). The molecule has 3 nitrogen and oxygen atoms in total. The van der Waals surface area contributed by atoms with Crippen molar-refractivity contribution in [2.24, 2.45) is 23.7 Å². The Kier molecular flexibility index (Phi) is 6.51. The second-order valence-electron chi connectivity index (χ2n) is 7.85. The lowest BCUT2D eigenvalue weighted by Gasteiger charge is -2.42. The van der Waals surface area contributed by atoms with Crippen molar-refractivity contribution < 1.29 is 5.11 Å². The lowest BCUT2D eigenvalue weighted by molar-refractivity contribution is 0.0545. The van der Waals surface area contributed by atoms with Gasteiger partial charge in [0.1, 0.15) is 0 Å². The first-order valence-corrected chi connectivity index (χ1v) is 9.09. The van der Waals surface area contributed by atoms with E-state index >= 15 is 0 Å². The molecular formula is C18H36N2O. The predicted molar refractivity (Wildman–Crippen MR) is 89.4 cm³/mol. The van der Waals surface area contributed by atoms with Gasteiger partial charge in [-0.15, -0.1) is 0 Å². The van der Waals surface area contributed by atoms with Gasteiger partial charge in [-0.1, -0.05) is 13.8 Å². The Hall–Kier alpha value is -0.120. The maximum absolute atomic E-state index is 9.73. The molecule has 0 aromatic rings. The second-order valence-corrected chi connectivity index (χ2v) is 7.85. The van der Waals surface area contributed by atoms with Crippen LogP contribution in [0.3, 0.4) is 0 Å². The lowest BCUT2D eigenvalue weighted by Crippen LogP contribution is -2.47. The monoisotopic (exact) mass is 296 g/mol. The van der Waals surface area contributed by atoms with Crippen LogP contribution in [-0.2, 0) is 0 Å². The molecule has 0 bridgehead atoms. The smallest absolute Gasteiger partial charge is 0.0541 e. The summed E-state index contributed by atoms with van der Waals surface area (Å²) < 4.78 is 0. The molecule has 0 aromatic carbocycles. The number of nitrogens with one attached hydrogen (secondary N) is 1. The summed E-state index contributed by atoms with van der Waals surface area (Å²) in [5.74, 6) is 3.07. The van der Waals surface area contributed by atoms with E-state index in [0.29, 0.717) is 12.0 Å². The fourth-order valence-corrected chi connectivity index (χ4v) is 4.44. The first-order chi connectivity index (χ1) is 10.0. The minimum atomic E-state index is -0.128. The van der Waals surface area contributed by atoms with Crippen molar-refractivity contribution in [3.8, 4) is 0 Å². The number of rotatable bonds is 5. The van der Waals surface area contributed by atoms with Crippen LogP contribution in [0.5, 0.6) is 0 Å². The molecule has 0 aromatic heterocycles. The van der Waals surface area contributed by atoms with Gasteiger partial charge in [0, 0.05) is 12.6 Å². The van der Waals surface area contributed by atoms with Crippen LogP contribution in [0.25, 0.3) is 0 Å². The van der Waals surface area contributed by atoms with Gasteiger partial charge in [-0.25, -0.2) is 0 Å². The Bertz CT molecular complexity index is 298. The number of piperidine rings is 1. The highest BCUT2D eigenvalue weighted by Crippen LogP contribution is 2.35. The first kappa shape index (κ1) is 17.2. The molecular weight excluding hydrogens is 260 g/mol. The van der Waals surface area contributed by atoms with Gasteiger partial charge in [0.2, 0.25) is 0 Å². The van der Waals surface area contributed by atoms with Crippen molar-refractivity contribution in [3.05, 3.63) is 0 Å². The Morgan fingerprint density at radius 3 is 2.24 bits per heavy atom. The van der Waals surface area contributed by atoms with Crippen LogP contribution in [0.1, 0.15) is 52.9 Å². The Morgan fingerprint density at radius 2 is 1.71 bits per heavy atom. The van der Waals surface area contributed by atoms with Crippen LogP contribution in [0, 0.1) is 23.7 Å². The van der Waals surface area contributed by atoms with E-state index in [2.05, 4.69) is 31.1 Å². The number of likely N-dealkylation sites (tertiary alicyclic amines) is 1. The third kappa shape index (κ3) is 4.67. The molecule has 124 valence electrons. The first-order valence-electron chi connectivity index (χ1n) is 9.09. The van der Waals surface area contributed by atoms with Crippen molar-refractivity contribution in [3.63, 3.8) is 0 Å². The van der Waals surface area contributed by atoms with Crippen LogP contribution in [0.2, 0.25) is 0 Å². The molecule has 0 spiro atoms. The summed E-state index contributed by atoms with van der Waals surface area (Å²) in [5, 5.41) is 13.3. The third-order valence-corrected chi connectivity index (χ3v) is 6.14. The SMILES string of the molecule is CNC1CCC(C(C)C)CC1CN1CCC(C(C)O)CC1. The molecule has 21 heavy (non-hydrogen) atoms. The topological polar surface area (TPSA) is 35.5 Å². The van der Waals surface area contributed by atoms with Gasteiger partial charge in [0.15, 0.2) is 0 Å². The van der Waals surface area contributed by atoms with Crippen LogP contribution < -0.4 is 5.32 Å². The number of hydrogen-bond donors (Lipinski definition) is 2. The largest absolute Gasteiger partial charge is 0.393 e. The van der Waals surface area contributed by atoms with Gasteiger partial charge in [0.25, 0.3) is 0 Å². The van der Waals surface area contributed by atoms with Gasteiger partial charge in [-0.05, 0) is 82.8 Å². The van der Waals surface area contributed by atoms with Gasteiger partial charge >= 0.3 is 0 Å². The molecule has 1 saturated heterocycles. The summed E-state index contributed by atoms with van der Waals surface area (Å²) >= 11 is 0. The van der Waals surface area contributed by atoms with Gasteiger partial charge in [-0.3, -0.25) is 0 Å². The third-order valence-electron chi connectivity index (χ3n) is 6.14. The van der Waals surface area contributed by atoms with Crippen molar-refractivity contribution >= 4 is 0 Å². The summed E-state index contributed by atoms with van der Waals surface area (Å²) in [4.78, 5) is 2.65. The van der Waals surface area contributed by atoms with E-state index in [1.165, 1.54) is 51.7 Å². The van der Waals surface area contributed by atoms with Gasteiger partial charge in [0.05, 0.1) is 6.10 Å². The molecule has 4 unspecified atom stereocenters. The highest BCUT2D eigenvalue weighted by atomic mass is 16.3. The Morgan fingerprint density at radius 1 is 1.05 bits per heavy atom. The van der Waals surface area contributed by atoms with Crippen LogP contribution in [0.15, 0.2) is 0 Å². The van der Waals surface area contributed by atoms with Crippen molar-refractivity contribution in [2.45, 2.75) is 65.0 Å². The molecule has 2 aliphatic rings. The molecule has 2 fully saturated rings. The zero-order chi connectivity index (χ0) is 15.4. The summed E-state index contributed by atoms with van der Waals surface area (Å²) in [7, 11) is 2.13. The Balaban J connectivity index is 1.84. The fourth-order valence-electron chi connectivity index (χ4n) is 4.44. The minimum absolute atomic E-state index is 0.128. The number of aliphatic hydroxyl groups excluding tert-OH is 1. The summed E-state index contributed by atoms with van der Waals surface area (Å²) in [6.07, 6.45) is 6.33. The van der Waals surface area contributed by atoms with Crippen LogP contribution >= 0.6 is 0 Å². The van der Waals surface area contributed by atoms with Crippen LogP contribution in [-0.4, -0.2) is 48.8 Å². The maximum Gasteiger partial charge on any atom is 0.0541 e. The van der Waals surface area contributed by atoms with E-state index in [0.717, 1.165) is 17.8 Å². The van der Waals surface area contributed by atoms with Crippen molar-refractivity contribution in [2.75, 3.05) is 26.7 Å². The standard InChI is InChI=1S/C18H36N2O/c1-13(2)16-5-6-18(19-4)17(11-16)12-20-9-7-15(8-10-20)14(3)21/h13-19,21H,5-12H2,1-4H3. The average Bonchev–Trinajstić information content (AvgIpc) is 2.47. The molecule has 1 aliphatic heterocycles. The van der Waals surface area contributed by atoms with Crippen molar-refractivity contribution in [1.29, 1.82) is 0 Å². The van der Waals surface area contributed by atoms with E-state index in [1.807, 2.05) is 6.92 Å². The number of aliphatic hydroxyl groups is 1. The summed E-state index contributed by atoms with van der Waals surface area (Å²) in [6.45, 7) is 10.3. The highest BCUT2D eigenvalue weighted by Gasteiger charge is 2.33. The lowest BCUT2D eigenvalue weighted by atomic mass is 9.73. The Labute approximate surface area is 131 Å². The quantitative estimate of drug-likeness (QED) is 0.819. The average molecular weight is 296 g/mol. The van der Waals surface area contributed by atoms with E-state index < -0.39 is 0 Å². The molecule has 1 saturated carbocycles. The molecule has 4 atom stereocenters. The minimum Gasteiger partial charge on any atom is -0.393 e. The zero-order valence-electron chi connectivity index (χ0n) is 14.5.